The number of nitrogens with one attached hydrogen (secondary N) is 2. The normalized spacial score (nSPS) is 10.7. The lowest BCUT2D eigenvalue weighted by molar-refractivity contribution is 0.475. The Hall–Kier alpha value is -3.66. The van der Waals surface area contributed by atoms with Gasteiger partial charge in [-0.1, -0.05) is 18.2 Å². The van der Waals surface area contributed by atoms with Crippen molar-refractivity contribution in [2.45, 2.75) is 0 Å². The Kier molecular flexibility index (Phi) is 3.72. The number of H-pyrrole nitrogens is 2. The number of aromatic amines is 2. The van der Waals surface area contributed by atoms with Crippen molar-refractivity contribution >= 4 is 11.4 Å². The number of aromatic nitrogens is 2. The van der Waals surface area contributed by atoms with Crippen molar-refractivity contribution in [3.8, 4) is 23.1 Å². The number of phenols is 1. The molecule has 0 unspecified atom stereocenters. The Bertz CT molecular complexity index is 978. The molecule has 0 bridgehead atoms. The zero-order valence-corrected chi connectivity index (χ0v) is 11.8. The highest BCUT2D eigenvalue weighted by atomic mass is 16.3. The van der Waals surface area contributed by atoms with Gasteiger partial charge in [0.05, 0.1) is 23.0 Å². The highest BCUT2D eigenvalue weighted by Crippen LogP contribution is 2.28. The summed E-state index contributed by atoms with van der Waals surface area (Å²) < 4.78 is 0. The third-order valence-corrected chi connectivity index (χ3v) is 3.13. The molecule has 0 radical (unpaired) electrons. The third-order valence-electron chi connectivity index (χ3n) is 3.13. The molecule has 2 aromatic carbocycles. The van der Waals surface area contributed by atoms with Gasteiger partial charge in [0.1, 0.15) is 5.75 Å². The average Bonchev–Trinajstić information content (AvgIpc) is 2.94. The molecule has 0 saturated carbocycles. The zero-order valence-electron chi connectivity index (χ0n) is 11.8. The van der Waals surface area contributed by atoms with Gasteiger partial charge in [0.25, 0.3) is 5.56 Å². The van der Waals surface area contributed by atoms with Crippen LogP contribution in [0.5, 0.6) is 5.75 Å². The molecule has 7 nitrogen and oxygen atoms in total. The van der Waals surface area contributed by atoms with Crippen molar-refractivity contribution in [3.05, 3.63) is 64.4 Å². The van der Waals surface area contributed by atoms with E-state index in [1.54, 1.807) is 36.4 Å². The van der Waals surface area contributed by atoms with E-state index in [9.17, 15) is 9.90 Å². The van der Waals surface area contributed by atoms with Crippen molar-refractivity contribution < 1.29 is 5.11 Å². The fraction of sp³-hybridized carbons (Fsp3) is 0. The fourth-order valence-corrected chi connectivity index (χ4v) is 2.06. The Morgan fingerprint density at radius 3 is 2.65 bits per heavy atom. The summed E-state index contributed by atoms with van der Waals surface area (Å²) in [5, 5.41) is 31.6. The number of hydrogen-bond acceptors (Lipinski definition) is 5. The van der Waals surface area contributed by atoms with E-state index in [1.165, 1.54) is 12.1 Å². The van der Waals surface area contributed by atoms with Crippen LogP contribution in [0.1, 0.15) is 5.56 Å². The highest BCUT2D eigenvalue weighted by molar-refractivity contribution is 5.72. The quantitative estimate of drug-likeness (QED) is 0.644. The minimum Gasteiger partial charge on any atom is -0.508 e. The molecule has 0 aliphatic carbocycles. The number of benzene rings is 2. The maximum Gasteiger partial charge on any atom is 0.292 e. The van der Waals surface area contributed by atoms with Gasteiger partial charge in [-0.05, 0) is 30.3 Å². The molecule has 0 saturated heterocycles. The lowest BCUT2D eigenvalue weighted by Gasteiger charge is -1.99. The molecule has 3 rings (SSSR count). The van der Waals surface area contributed by atoms with Crippen LogP contribution in [0.3, 0.4) is 0 Å². The summed E-state index contributed by atoms with van der Waals surface area (Å²) in [4.78, 5) is 11.9. The van der Waals surface area contributed by atoms with Gasteiger partial charge >= 0.3 is 0 Å². The van der Waals surface area contributed by atoms with Crippen molar-refractivity contribution in [2.24, 2.45) is 10.2 Å². The number of aromatic hydroxyl groups is 1. The van der Waals surface area contributed by atoms with Crippen LogP contribution in [0.25, 0.3) is 11.3 Å². The second-order valence-electron chi connectivity index (χ2n) is 4.72. The molecule has 23 heavy (non-hydrogen) atoms. The fourth-order valence-electron chi connectivity index (χ4n) is 2.06. The summed E-state index contributed by atoms with van der Waals surface area (Å²) in [6.45, 7) is 0. The second-order valence-corrected chi connectivity index (χ2v) is 4.72. The van der Waals surface area contributed by atoms with Crippen LogP contribution in [0.4, 0.5) is 11.4 Å². The number of hydrogen-bond donors (Lipinski definition) is 3. The summed E-state index contributed by atoms with van der Waals surface area (Å²) in [5.41, 5.74) is 1.61. The summed E-state index contributed by atoms with van der Waals surface area (Å²) in [6.07, 6.45) is 0. The molecule has 0 spiro atoms. The predicted octanol–water partition coefficient (Wildman–Crippen LogP) is 3.36. The molecular weight excluding hydrogens is 294 g/mol. The summed E-state index contributed by atoms with van der Waals surface area (Å²) in [5.74, 6) is 0.0779. The summed E-state index contributed by atoms with van der Waals surface area (Å²) in [6, 6.07) is 15.0. The van der Waals surface area contributed by atoms with Gasteiger partial charge in [-0.15, -0.1) is 5.11 Å². The van der Waals surface area contributed by atoms with E-state index >= 15 is 0 Å². The average molecular weight is 305 g/mol. The molecule has 1 aromatic heterocycles. The van der Waals surface area contributed by atoms with Gasteiger partial charge in [0, 0.05) is 5.56 Å². The van der Waals surface area contributed by atoms with Crippen LogP contribution >= 0.6 is 0 Å². The number of azo groups is 1. The van der Waals surface area contributed by atoms with Gasteiger partial charge in [-0.25, -0.2) is 0 Å². The lowest BCUT2D eigenvalue weighted by Crippen LogP contribution is -1.96. The van der Waals surface area contributed by atoms with Crippen molar-refractivity contribution in [1.29, 1.82) is 5.26 Å². The Morgan fingerprint density at radius 2 is 1.87 bits per heavy atom. The molecule has 0 atom stereocenters. The lowest BCUT2D eigenvalue weighted by atomic mass is 10.1. The smallest absolute Gasteiger partial charge is 0.292 e. The van der Waals surface area contributed by atoms with Crippen LogP contribution in [-0.4, -0.2) is 15.3 Å². The van der Waals surface area contributed by atoms with Crippen LogP contribution in [0.2, 0.25) is 0 Å². The van der Waals surface area contributed by atoms with E-state index in [-0.39, 0.29) is 11.4 Å². The largest absolute Gasteiger partial charge is 0.508 e. The van der Waals surface area contributed by atoms with E-state index in [2.05, 4.69) is 20.4 Å². The number of rotatable bonds is 3. The second kappa shape index (κ2) is 5.99. The van der Waals surface area contributed by atoms with E-state index < -0.39 is 5.56 Å². The molecule has 0 amide bonds. The topological polar surface area (TPSA) is 117 Å². The molecule has 112 valence electrons. The Morgan fingerprint density at radius 1 is 1.04 bits per heavy atom. The number of nitrogens with zero attached hydrogens (tertiary/aromatic N) is 3. The van der Waals surface area contributed by atoms with Crippen LogP contribution in [-0.2, 0) is 0 Å². The molecule has 0 fully saturated rings. The standard InChI is InChI=1S/C16H11N5O2/c17-9-10-3-1-5-12(7-10)18-20-15-14(19-21-16(15)23)11-4-2-6-13(22)8-11/h1-8,22H,(H2,19,21,23). The van der Waals surface area contributed by atoms with E-state index in [0.29, 0.717) is 22.5 Å². The Balaban J connectivity index is 2.01. The summed E-state index contributed by atoms with van der Waals surface area (Å²) in [7, 11) is 0. The zero-order chi connectivity index (χ0) is 16.2. The molecule has 1 heterocycles. The molecule has 7 heteroatoms. The number of phenolic OH excluding ortho intramolecular Hbond substituents is 1. The van der Waals surface area contributed by atoms with Gasteiger partial charge < -0.3 is 5.11 Å². The molecule has 0 aliphatic heterocycles. The first-order valence-electron chi connectivity index (χ1n) is 6.69. The first-order chi connectivity index (χ1) is 11.2. The first-order valence-corrected chi connectivity index (χ1v) is 6.69. The van der Waals surface area contributed by atoms with E-state index in [0.717, 1.165) is 0 Å². The summed E-state index contributed by atoms with van der Waals surface area (Å²) >= 11 is 0. The van der Waals surface area contributed by atoms with Crippen LogP contribution in [0, 0.1) is 11.3 Å². The van der Waals surface area contributed by atoms with Gasteiger partial charge in [-0.3, -0.25) is 15.0 Å². The molecule has 0 aliphatic rings. The molecule has 3 aromatic rings. The predicted molar refractivity (Wildman–Crippen MR) is 83.8 cm³/mol. The van der Waals surface area contributed by atoms with Crippen molar-refractivity contribution in [3.63, 3.8) is 0 Å². The molecule has 3 N–H and O–H groups in total. The van der Waals surface area contributed by atoms with E-state index in [1.807, 2.05) is 6.07 Å². The van der Waals surface area contributed by atoms with Gasteiger partial charge in [-0.2, -0.15) is 10.4 Å². The van der Waals surface area contributed by atoms with Crippen LogP contribution < -0.4 is 5.56 Å². The minimum absolute atomic E-state index is 0.0779. The SMILES string of the molecule is N#Cc1cccc(N=Nc2c(-c3cccc(O)c3)[nH][nH]c2=O)c1. The van der Waals surface area contributed by atoms with Gasteiger partial charge in [0.15, 0.2) is 5.69 Å². The molecular formula is C16H11N5O2. The maximum atomic E-state index is 11.9. The van der Waals surface area contributed by atoms with Gasteiger partial charge in [0.2, 0.25) is 0 Å². The van der Waals surface area contributed by atoms with E-state index in [4.69, 9.17) is 5.26 Å². The number of nitriles is 1. The Labute approximate surface area is 130 Å². The van der Waals surface area contributed by atoms with Crippen LogP contribution in [0.15, 0.2) is 63.6 Å². The van der Waals surface area contributed by atoms with Crippen molar-refractivity contribution in [2.75, 3.05) is 0 Å². The third kappa shape index (κ3) is 3.01. The monoisotopic (exact) mass is 305 g/mol. The maximum absolute atomic E-state index is 11.9. The van der Waals surface area contributed by atoms with Crippen molar-refractivity contribution in [1.82, 2.24) is 10.2 Å². The highest BCUT2D eigenvalue weighted by Gasteiger charge is 2.12. The first kappa shape index (κ1) is 14.3. The minimum atomic E-state index is -0.427.